The summed E-state index contributed by atoms with van der Waals surface area (Å²) in [5.41, 5.74) is 2.70. The van der Waals surface area contributed by atoms with Gasteiger partial charge < -0.3 is 19.7 Å². The van der Waals surface area contributed by atoms with Crippen LogP contribution < -0.4 is 0 Å². The molecule has 7 nitrogen and oxygen atoms in total. The number of aromatic amines is 1. The molecule has 1 aromatic heterocycles. The van der Waals surface area contributed by atoms with Gasteiger partial charge in [0.15, 0.2) is 0 Å². The number of H-pyrrole nitrogens is 1. The van der Waals surface area contributed by atoms with Crippen molar-refractivity contribution in [1.82, 2.24) is 9.88 Å². The lowest BCUT2D eigenvalue weighted by Crippen LogP contribution is -2.31. The van der Waals surface area contributed by atoms with Crippen molar-refractivity contribution in [2.75, 3.05) is 13.7 Å². The van der Waals surface area contributed by atoms with E-state index in [1.165, 1.54) is 42.3 Å². The number of hydrogen-bond donors (Lipinski definition) is 2. The zero-order valence-corrected chi connectivity index (χ0v) is 19.9. The topological polar surface area (TPSA) is 99.7 Å². The minimum absolute atomic E-state index is 0.0887. The highest BCUT2D eigenvalue weighted by Gasteiger charge is 2.46. The average molecular weight is 499 g/mol. The fraction of sp³-hybridized carbons (Fsp3) is 0.138. The Morgan fingerprint density at radius 1 is 1.03 bits per heavy atom. The first kappa shape index (κ1) is 24.0. The SMILES string of the molecule is COC(=O)c1ccc(C2/C(=C(\O)c3cccc(F)c3)C(=O)C(=O)N2CCc2c[nH]c3ccccc23)cc1. The van der Waals surface area contributed by atoms with Gasteiger partial charge in [0.2, 0.25) is 0 Å². The second-order valence-electron chi connectivity index (χ2n) is 8.73. The first-order valence-electron chi connectivity index (χ1n) is 11.7. The van der Waals surface area contributed by atoms with Gasteiger partial charge in [-0.3, -0.25) is 9.59 Å². The molecule has 186 valence electrons. The summed E-state index contributed by atoms with van der Waals surface area (Å²) in [4.78, 5) is 43.0. The van der Waals surface area contributed by atoms with E-state index in [0.717, 1.165) is 22.5 Å². The lowest BCUT2D eigenvalue weighted by Gasteiger charge is -2.25. The molecule has 1 aliphatic rings. The van der Waals surface area contributed by atoms with Crippen molar-refractivity contribution in [2.24, 2.45) is 0 Å². The van der Waals surface area contributed by atoms with E-state index in [-0.39, 0.29) is 17.7 Å². The monoisotopic (exact) mass is 498 g/mol. The number of aromatic nitrogens is 1. The average Bonchev–Trinajstić information content (AvgIpc) is 3.44. The fourth-order valence-corrected chi connectivity index (χ4v) is 4.75. The maximum absolute atomic E-state index is 13.9. The van der Waals surface area contributed by atoms with Crippen LogP contribution in [-0.2, 0) is 20.7 Å². The highest BCUT2D eigenvalue weighted by Crippen LogP contribution is 2.39. The number of ketones is 1. The van der Waals surface area contributed by atoms with Crippen molar-refractivity contribution in [3.63, 3.8) is 0 Å². The number of fused-ring (bicyclic) bond motifs is 1. The molecule has 1 atom stereocenters. The standard InChI is InChI=1S/C29H23FN2O5/c1-37-29(36)18-11-9-17(10-12-18)25-24(26(33)19-5-4-6-21(30)15-19)27(34)28(35)32(25)14-13-20-16-31-23-8-3-2-7-22(20)23/h2-12,15-16,25,31,33H,13-14H2,1H3/b26-24+. The van der Waals surface area contributed by atoms with Crippen molar-refractivity contribution in [3.8, 4) is 0 Å². The number of likely N-dealkylation sites (tertiary alicyclic amines) is 1. The molecular weight excluding hydrogens is 475 g/mol. The third kappa shape index (κ3) is 4.38. The Bertz CT molecular complexity index is 1550. The van der Waals surface area contributed by atoms with Gasteiger partial charge in [-0.2, -0.15) is 0 Å². The van der Waals surface area contributed by atoms with Gasteiger partial charge in [0.05, 0.1) is 24.3 Å². The van der Waals surface area contributed by atoms with Crippen LogP contribution in [0.4, 0.5) is 4.39 Å². The quantitative estimate of drug-likeness (QED) is 0.173. The maximum Gasteiger partial charge on any atom is 0.337 e. The zero-order chi connectivity index (χ0) is 26.1. The maximum atomic E-state index is 13.9. The molecule has 3 aromatic carbocycles. The van der Waals surface area contributed by atoms with E-state index >= 15 is 0 Å². The highest BCUT2D eigenvalue weighted by molar-refractivity contribution is 6.46. The molecule has 37 heavy (non-hydrogen) atoms. The number of amides is 1. The molecule has 5 rings (SSSR count). The molecule has 1 amide bonds. The lowest BCUT2D eigenvalue weighted by molar-refractivity contribution is -0.139. The number of halogens is 1. The summed E-state index contributed by atoms with van der Waals surface area (Å²) < 4.78 is 18.7. The molecule has 1 saturated heterocycles. The van der Waals surface area contributed by atoms with E-state index in [2.05, 4.69) is 4.98 Å². The van der Waals surface area contributed by atoms with Gasteiger partial charge in [-0.15, -0.1) is 0 Å². The number of carbonyl (C=O) groups is 3. The number of hydrogen-bond acceptors (Lipinski definition) is 5. The molecule has 8 heteroatoms. The van der Waals surface area contributed by atoms with E-state index in [0.29, 0.717) is 17.5 Å². The van der Waals surface area contributed by atoms with Crippen molar-refractivity contribution in [2.45, 2.75) is 12.5 Å². The Kier molecular flexibility index (Phi) is 6.31. The van der Waals surface area contributed by atoms with Gasteiger partial charge in [0.25, 0.3) is 11.7 Å². The molecule has 0 saturated carbocycles. The Balaban J connectivity index is 1.57. The van der Waals surface area contributed by atoms with Crippen LogP contribution in [0.3, 0.4) is 0 Å². The minimum atomic E-state index is -0.930. The number of para-hydroxylation sites is 1. The summed E-state index contributed by atoms with van der Waals surface area (Å²) in [5.74, 6) is -3.20. The van der Waals surface area contributed by atoms with Gasteiger partial charge in [-0.05, 0) is 47.9 Å². The lowest BCUT2D eigenvalue weighted by atomic mass is 9.94. The molecule has 0 aliphatic carbocycles. The predicted octanol–water partition coefficient (Wildman–Crippen LogP) is 4.76. The summed E-state index contributed by atoms with van der Waals surface area (Å²) in [5, 5.41) is 12.1. The van der Waals surface area contributed by atoms with Crippen molar-refractivity contribution < 1.29 is 28.6 Å². The summed E-state index contributed by atoms with van der Waals surface area (Å²) in [6, 6.07) is 18.3. The Morgan fingerprint density at radius 3 is 2.51 bits per heavy atom. The summed E-state index contributed by atoms with van der Waals surface area (Å²) in [7, 11) is 1.27. The predicted molar refractivity (Wildman–Crippen MR) is 135 cm³/mol. The van der Waals surface area contributed by atoms with Crippen molar-refractivity contribution in [3.05, 3.63) is 113 Å². The number of esters is 1. The van der Waals surface area contributed by atoms with Crippen LogP contribution in [-0.4, -0.2) is 46.3 Å². The summed E-state index contributed by atoms with van der Waals surface area (Å²) >= 11 is 0. The van der Waals surface area contributed by atoms with E-state index in [4.69, 9.17) is 4.74 Å². The van der Waals surface area contributed by atoms with Crippen LogP contribution in [0.2, 0.25) is 0 Å². The van der Waals surface area contributed by atoms with Gasteiger partial charge in [0, 0.05) is 29.2 Å². The number of Topliss-reactive ketones (excluding diaryl/α,β-unsaturated/α-hetero) is 1. The normalized spacial score (nSPS) is 16.9. The van der Waals surface area contributed by atoms with Crippen LogP contribution in [0.1, 0.15) is 33.1 Å². The van der Waals surface area contributed by atoms with Gasteiger partial charge in [-0.25, -0.2) is 9.18 Å². The number of aliphatic hydroxyl groups excluding tert-OH is 1. The highest BCUT2D eigenvalue weighted by atomic mass is 19.1. The van der Waals surface area contributed by atoms with Crippen LogP contribution in [0.5, 0.6) is 0 Å². The number of rotatable bonds is 6. The summed E-state index contributed by atoms with van der Waals surface area (Å²) in [6.45, 7) is 0.190. The number of ether oxygens (including phenoxy) is 1. The molecular formula is C29H23FN2O5. The molecule has 0 radical (unpaired) electrons. The number of benzene rings is 3. The Hall–Kier alpha value is -4.72. The number of aliphatic hydroxyl groups is 1. The number of nitrogens with one attached hydrogen (secondary N) is 1. The van der Waals surface area contributed by atoms with Crippen LogP contribution in [0.15, 0.2) is 84.6 Å². The molecule has 4 aromatic rings. The third-order valence-electron chi connectivity index (χ3n) is 6.58. The van der Waals surface area contributed by atoms with Gasteiger partial charge in [0.1, 0.15) is 11.6 Å². The Labute approximate surface area is 211 Å². The van der Waals surface area contributed by atoms with E-state index in [9.17, 15) is 23.9 Å². The second-order valence-corrected chi connectivity index (χ2v) is 8.73. The minimum Gasteiger partial charge on any atom is -0.507 e. The number of nitrogens with zero attached hydrogens (tertiary/aromatic N) is 1. The first-order chi connectivity index (χ1) is 17.9. The second kappa shape index (κ2) is 9.73. The molecule has 2 heterocycles. The number of methoxy groups -OCH3 is 1. The van der Waals surface area contributed by atoms with Gasteiger partial charge >= 0.3 is 5.97 Å². The Morgan fingerprint density at radius 2 is 1.78 bits per heavy atom. The number of carbonyl (C=O) groups excluding carboxylic acids is 3. The van der Waals surface area contributed by atoms with E-state index < -0.39 is 35.3 Å². The van der Waals surface area contributed by atoms with E-state index in [1.807, 2.05) is 30.5 Å². The molecule has 1 aliphatic heterocycles. The molecule has 2 N–H and O–H groups in total. The van der Waals surface area contributed by atoms with Crippen LogP contribution in [0, 0.1) is 5.82 Å². The molecule has 0 bridgehead atoms. The smallest absolute Gasteiger partial charge is 0.337 e. The van der Waals surface area contributed by atoms with Crippen LogP contribution >= 0.6 is 0 Å². The van der Waals surface area contributed by atoms with Crippen molar-refractivity contribution >= 4 is 34.3 Å². The largest absolute Gasteiger partial charge is 0.507 e. The molecule has 1 unspecified atom stereocenters. The zero-order valence-electron chi connectivity index (χ0n) is 19.9. The molecule has 0 spiro atoms. The van der Waals surface area contributed by atoms with Crippen LogP contribution in [0.25, 0.3) is 16.7 Å². The van der Waals surface area contributed by atoms with E-state index in [1.54, 1.807) is 12.1 Å². The fourth-order valence-electron chi connectivity index (χ4n) is 4.75. The van der Waals surface area contributed by atoms with Gasteiger partial charge in [-0.1, -0.05) is 42.5 Å². The summed E-state index contributed by atoms with van der Waals surface area (Å²) in [6.07, 6.45) is 2.32. The molecule has 1 fully saturated rings. The first-order valence-corrected chi connectivity index (χ1v) is 11.7. The third-order valence-corrected chi connectivity index (χ3v) is 6.58. The van der Waals surface area contributed by atoms with Crippen molar-refractivity contribution in [1.29, 1.82) is 0 Å².